The van der Waals surface area contributed by atoms with Crippen LogP contribution in [0.5, 0.6) is 0 Å². The predicted molar refractivity (Wildman–Crippen MR) is 132 cm³/mol. The molecule has 1 atom stereocenters. The molecule has 0 radical (unpaired) electrons. The number of thiazole rings is 1. The van der Waals surface area contributed by atoms with Gasteiger partial charge in [0.25, 0.3) is 5.78 Å². The maximum absolute atomic E-state index is 13.4. The van der Waals surface area contributed by atoms with E-state index in [4.69, 9.17) is 11.6 Å². The van der Waals surface area contributed by atoms with Gasteiger partial charge < -0.3 is 5.11 Å². The van der Waals surface area contributed by atoms with E-state index in [0.29, 0.717) is 15.7 Å². The highest BCUT2D eigenvalue weighted by atomic mass is 35.5. The smallest absolute Gasteiger partial charge is 0.301 e. The molecule has 1 aliphatic rings. The molecule has 0 bridgehead atoms. The number of rotatable bonds is 3. The van der Waals surface area contributed by atoms with Crippen LogP contribution in [0.3, 0.4) is 0 Å². The zero-order valence-corrected chi connectivity index (χ0v) is 19.7. The molecule has 0 spiro atoms. The van der Waals surface area contributed by atoms with Crippen molar-refractivity contribution in [3.63, 3.8) is 0 Å². The van der Waals surface area contributed by atoms with Gasteiger partial charge in [0, 0.05) is 10.6 Å². The number of halogens is 2. The highest BCUT2D eigenvalue weighted by Crippen LogP contribution is 2.45. The number of carbonyl (C=O) groups excluding carboxylic acids is 2. The first kappa shape index (κ1) is 22.3. The van der Waals surface area contributed by atoms with Crippen molar-refractivity contribution in [2.75, 3.05) is 4.90 Å². The lowest BCUT2D eigenvalue weighted by molar-refractivity contribution is -0.132. The number of aromatic nitrogens is 1. The van der Waals surface area contributed by atoms with Gasteiger partial charge in [0.15, 0.2) is 5.13 Å². The quantitative estimate of drug-likeness (QED) is 0.206. The number of nitrogens with zero attached hydrogens (tertiary/aromatic N) is 2. The van der Waals surface area contributed by atoms with Gasteiger partial charge in [-0.2, -0.15) is 0 Å². The van der Waals surface area contributed by atoms with Gasteiger partial charge in [-0.15, -0.1) is 0 Å². The van der Waals surface area contributed by atoms with E-state index in [-0.39, 0.29) is 16.9 Å². The molecule has 0 aliphatic carbocycles. The highest BCUT2D eigenvalue weighted by molar-refractivity contribution is 7.22. The first-order valence-corrected chi connectivity index (χ1v) is 11.6. The van der Waals surface area contributed by atoms with Gasteiger partial charge in [0.1, 0.15) is 11.6 Å². The van der Waals surface area contributed by atoms with Crippen molar-refractivity contribution < 1.29 is 19.1 Å². The van der Waals surface area contributed by atoms with Crippen LogP contribution < -0.4 is 4.90 Å². The Morgan fingerprint density at radius 1 is 1.09 bits per heavy atom. The summed E-state index contributed by atoms with van der Waals surface area (Å²) in [6, 6.07) is 14.9. The second-order valence-corrected chi connectivity index (χ2v) is 9.60. The van der Waals surface area contributed by atoms with E-state index in [1.807, 2.05) is 26.0 Å². The van der Waals surface area contributed by atoms with Crippen molar-refractivity contribution in [2.24, 2.45) is 0 Å². The number of hydrogen-bond donors (Lipinski definition) is 1. The summed E-state index contributed by atoms with van der Waals surface area (Å²) in [4.78, 5) is 32.5. The van der Waals surface area contributed by atoms with Gasteiger partial charge in [-0.25, -0.2) is 9.37 Å². The Morgan fingerprint density at radius 2 is 1.82 bits per heavy atom. The van der Waals surface area contributed by atoms with Crippen LogP contribution in [0.2, 0.25) is 5.02 Å². The number of Topliss-reactive ketones (excluding diaryl/α,β-unsaturated/α-hetero) is 1. The third-order valence-electron chi connectivity index (χ3n) is 5.75. The van der Waals surface area contributed by atoms with E-state index in [2.05, 4.69) is 4.98 Å². The number of aliphatic hydroxyl groups excluding tert-OH is 1. The molecule has 170 valence electrons. The maximum Gasteiger partial charge on any atom is 0.301 e. The molecule has 2 heterocycles. The summed E-state index contributed by atoms with van der Waals surface area (Å²) >= 11 is 7.53. The molecule has 5 nitrogen and oxygen atoms in total. The zero-order chi connectivity index (χ0) is 24.1. The van der Waals surface area contributed by atoms with Crippen LogP contribution in [0.1, 0.15) is 28.3 Å². The molecule has 1 aromatic heterocycles. The molecule has 5 rings (SSSR count). The maximum atomic E-state index is 13.4. The normalized spacial score (nSPS) is 17.6. The largest absolute Gasteiger partial charge is 0.507 e. The number of aliphatic hydroxyl groups is 1. The van der Waals surface area contributed by atoms with Gasteiger partial charge in [-0.05, 0) is 73.0 Å². The van der Waals surface area contributed by atoms with Crippen LogP contribution in [-0.2, 0) is 9.59 Å². The van der Waals surface area contributed by atoms with Crippen molar-refractivity contribution in [1.29, 1.82) is 0 Å². The molecule has 1 saturated heterocycles. The zero-order valence-electron chi connectivity index (χ0n) is 18.2. The van der Waals surface area contributed by atoms with E-state index in [1.54, 1.807) is 24.3 Å². The Hall–Kier alpha value is -3.55. The third kappa shape index (κ3) is 3.67. The van der Waals surface area contributed by atoms with Crippen LogP contribution in [0.25, 0.3) is 16.0 Å². The van der Waals surface area contributed by atoms with Gasteiger partial charge in [-0.1, -0.05) is 41.1 Å². The van der Waals surface area contributed by atoms with Crippen LogP contribution in [0.4, 0.5) is 9.52 Å². The summed E-state index contributed by atoms with van der Waals surface area (Å²) < 4.78 is 14.3. The second-order valence-electron chi connectivity index (χ2n) is 8.16. The summed E-state index contributed by atoms with van der Waals surface area (Å²) in [6.07, 6.45) is 0. The lowest BCUT2D eigenvalue weighted by atomic mass is 9.95. The summed E-state index contributed by atoms with van der Waals surface area (Å²) in [5.74, 6) is -2.52. The molecular weight excluding hydrogens is 475 g/mol. The number of hydrogen-bond acceptors (Lipinski definition) is 5. The Balaban J connectivity index is 1.75. The Labute approximate surface area is 203 Å². The fourth-order valence-electron chi connectivity index (χ4n) is 4.25. The molecule has 0 saturated carbocycles. The average molecular weight is 493 g/mol. The number of amides is 1. The van der Waals surface area contributed by atoms with E-state index in [1.165, 1.54) is 40.5 Å². The number of anilines is 1. The molecule has 8 heteroatoms. The first-order chi connectivity index (χ1) is 16.2. The minimum Gasteiger partial charge on any atom is -0.507 e. The topological polar surface area (TPSA) is 70.5 Å². The summed E-state index contributed by atoms with van der Waals surface area (Å²) in [5.41, 5.74) is 3.43. The lowest BCUT2D eigenvalue weighted by Gasteiger charge is -2.23. The Kier molecular flexibility index (Phi) is 5.46. The molecule has 4 aromatic rings. The van der Waals surface area contributed by atoms with Gasteiger partial charge in [0.2, 0.25) is 0 Å². The second kappa shape index (κ2) is 8.34. The van der Waals surface area contributed by atoms with E-state index in [0.717, 1.165) is 21.3 Å². The van der Waals surface area contributed by atoms with Crippen molar-refractivity contribution in [1.82, 2.24) is 4.98 Å². The third-order valence-corrected chi connectivity index (χ3v) is 6.99. The molecule has 34 heavy (non-hydrogen) atoms. The SMILES string of the molecule is Cc1cc(C)c2nc(N3C(=O)C(=O)C(=C(O)c4ccc(F)cc4)[C@H]3c3cccc(Cl)c3)sc2c1. The summed E-state index contributed by atoms with van der Waals surface area (Å²) in [5, 5.41) is 11.9. The van der Waals surface area contributed by atoms with E-state index >= 15 is 0 Å². The van der Waals surface area contributed by atoms with Crippen LogP contribution in [0.15, 0.2) is 66.2 Å². The minimum atomic E-state index is -0.953. The minimum absolute atomic E-state index is 0.106. The number of fused-ring (bicyclic) bond motifs is 1. The first-order valence-electron chi connectivity index (χ1n) is 10.4. The number of benzene rings is 3. The van der Waals surface area contributed by atoms with Crippen molar-refractivity contribution in [3.05, 3.63) is 99.3 Å². The number of ketones is 1. The molecular formula is C26H18ClFN2O3S. The fraction of sp³-hybridized carbons (Fsp3) is 0.115. The number of carbonyl (C=O) groups is 2. The van der Waals surface area contributed by atoms with Crippen LogP contribution >= 0.6 is 22.9 Å². The lowest BCUT2D eigenvalue weighted by Crippen LogP contribution is -2.29. The number of aryl methyl sites for hydroxylation is 2. The fourth-order valence-corrected chi connectivity index (χ4v) is 5.61. The van der Waals surface area contributed by atoms with Crippen molar-refractivity contribution in [2.45, 2.75) is 19.9 Å². The standard InChI is InChI=1S/C26H18ClFN2O3S/c1-13-10-14(2)21-19(11-13)34-26(29-21)30-22(16-4-3-5-17(27)12-16)20(24(32)25(30)33)23(31)15-6-8-18(28)9-7-15/h3-12,22,31H,1-2H3/t22-/m1/s1. The summed E-state index contributed by atoms with van der Waals surface area (Å²) in [6.45, 7) is 3.92. The average Bonchev–Trinajstić information content (AvgIpc) is 3.33. The molecule has 1 aliphatic heterocycles. The van der Waals surface area contributed by atoms with Crippen molar-refractivity contribution in [3.8, 4) is 0 Å². The highest BCUT2D eigenvalue weighted by Gasteiger charge is 2.48. The monoisotopic (exact) mass is 492 g/mol. The Morgan fingerprint density at radius 3 is 2.53 bits per heavy atom. The van der Waals surface area contributed by atoms with Gasteiger partial charge >= 0.3 is 5.91 Å². The van der Waals surface area contributed by atoms with Gasteiger partial charge in [0.05, 0.1) is 21.8 Å². The van der Waals surface area contributed by atoms with E-state index in [9.17, 15) is 19.1 Å². The summed E-state index contributed by atoms with van der Waals surface area (Å²) in [7, 11) is 0. The molecule has 0 unspecified atom stereocenters. The van der Waals surface area contributed by atoms with E-state index < -0.39 is 23.5 Å². The molecule has 3 aromatic carbocycles. The van der Waals surface area contributed by atoms with Gasteiger partial charge in [-0.3, -0.25) is 14.5 Å². The van der Waals surface area contributed by atoms with Crippen LogP contribution in [0, 0.1) is 19.7 Å². The predicted octanol–water partition coefficient (Wildman–Crippen LogP) is 6.33. The molecule has 1 N–H and O–H groups in total. The van der Waals surface area contributed by atoms with Crippen molar-refractivity contribution >= 4 is 55.7 Å². The molecule has 1 fully saturated rings. The van der Waals surface area contributed by atoms with Crippen LogP contribution in [-0.4, -0.2) is 21.8 Å². The Bertz CT molecular complexity index is 1510. The molecule has 1 amide bonds.